The molecule has 26 heavy (non-hydrogen) atoms. The van der Waals surface area contributed by atoms with Crippen molar-refractivity contribution < 1.29 is 14.3 Å². The fourth-order valence-corrected chi connectivity index (χ4v) is 2.95. The number of nitrogens with zero attached hydrogens (tertiary/aromatic N) is 2. The number of amides is 2. The molecule has 0 spiro atoms. The van der Waals surface area contributed by atoms with Crippen LogP contribution in [0.15, 0.2) is 24.3 Å². The van der Waals surface area contributed by atoms with E-state index in [1.165, 1.54) is 11.3 Å². The van der Waals surface area contributed by atoms with Crippen LogP contribution in [0.1, 0.15) is 34.1 Å². The van der Waals surface area contributed by atoms with E-state index >= 15 is 0 Å². The molecule has 1 aromatic heterocycles. The Labute approximate surface area is 157 Å². The van der Waals surface area contributed by atoms with E-state index in [0.717, 1.165) is 11.3 Å². The molecule has 2 rings (SSSR count). The summed E-state index contributed by atoms with van der Waals surface area (Å²) < 4.78 is 5.13. The van der Waals surface area contributed by atoms with E-state index in [-0.39, 0.29) is 17.7 Å². The topological polar surface area (TPSA) is 93.2 Å². The van der Waals surface area contributed by atoms with Gasteiger partial charge in [-0.3, -0.25) is 14.9 Å². The smallest absolute Gasteiger partial charge is 0.251 e. The quantitative estimate of drug-likeness (QED) is 0.774. The third-order valence-electron chi connectivity index (χ3n) is 3.60. The predicted molar refractivity (Wildman–Crippen MR) is 102 cm³/mol. The Hall–Kier alpha value is -2.48. The van der Waals surface area contributed by atoms with Crippen molar-refractivity contribution in [3.8, 4) is 16.3 Å². The fourth-order valence-electron chi connectivity index (χ4n) is 2.20. The highest BCUT2D eigenvalue weighted by Gasteiger charge is 2.30. The Morgan fingerprint density at radius 3 is 2.42 bits per heavy atom. The van der Waals surface area contributed by atoms with Gasteiger partial charge in [0, 0.05) is 12.0 Å². The number of rotatable bonds is 7. The Balaban J connectivity index is 2.02. The first-order valence-corrected chi connectivity index (χ1v) is 9.13. The third-order valence-corrected chi connectivity index (χ3v) is 4.48. The van der Waals surface area contributed by atoms with Crippen molar-refractivity contribution in [2.24, 2.45) is 5.92 Å². The molecule has 140 valence electrons. The molecule has 0 saturated heterocycles. The van der Waals surface area contributed by atoms with E-state index in [2.05, 4.69) is 20.8 Å². The first-order chi connectivity index (χ1) is 12.2. The molecule has 1 aromatic carbocycles. The van der Waals surface area contributed by atoms with Crippen LogP contribution in [0.5, 0.6) is 5.75 Å². The maximum atomic E-state index is 12.5. The van der Waals surface area contributed by atoms with E-state index in [4.69, 9.17) is 4.74 Å². The molecule has 8 heteroatoms. The molecule has 0 saturated carbocycles. The van der Waals surface area contributed by atoms with Crippen LogP contribution in [-0.4, -0.2) is 34.7 Å². The van der Waals surface area contributed by atoms with Crippen molar-refractivity contribution in [3.05, 3.63) is 24.3 Å². The van der Waals surface area contributed by atoms with Crippen LogP contribution in [0.3, 0.4) is 0 Å². The lowest BCUT2D eigenvalue weighted by Gasteiger charge is -2.24. The highest BCUT2D eigenvalue weighted by molar-refractivity contribution is 7.18. The summed E-state index contributed by atoms with van der Waals surface area (Å²) in [6, 6.07) is 7.42. The molecular formula is C18H24N4O3S. The van der Waals surface area contributed by atoms with Gasteiger partial charge in [0.1, 0.15) is 16.3 Å². The summed E-state index contributed by atoms with van der Waals surface area (Å²) in [7, 11) is 1.61. The van der Waals surface area contributed by atoms with Crippen molar-refractivity contribution in [1.82, 2.24) is 15.5 Å². The summed E-state index contributed by atoms with van der Waals surface area (Å²) >= 11 is 1.27. The van der Waals surface area contributed by atoms with Crippen molar-refractivity contribution in [2.45, 2.75) is 39.7 Å². The summed E-state index contributed by atoms with van der Waals surface area (Å²) in [5.74, 6) is 0.484. The number of benzene rings is 1. The molecule has 2 amide bonds. The summed E-state index contributed by atoms with van der Waals surface area (Å²) in [5.41, 5.74) is -0.161. The van der Waals surface area contributed by atoms with Crippen LogP contribution >= 0.6 is 11.3 Å². The summed E-state index contributed by atoms with van der Waals surface area (Å²) in [4.78, 5) is 24.4. The highest BCUT2D eigenvalue weighted by atomic mass is 32.1. The molecule has 7 nitrogen and oxygen atoms in total. The average Bonchev–Trinajstić information content (AvgIpc) is 3.02. The molecule has 0 atom stereocenters. The van der Waals surface area contributed by atoms with Crippen molar-refractivity contribution >= 4 is 28.3 Å². The number of carbonyl (C=O) groups excluding carboxylic acids is 2. The predicted octanol–water partition coefficient (Wildman–Crippen LogP) is 3.09. The average molecular weight is 376 g/mol. The van der Waals surface area contributed by atoms with Crippen LogP contribution in [0.2, 0.25) is 0 Å². The van der Waals surface area contributed by atoms with Gasteiger partial charge in [0.15, 0.2) is 0 Å². The second-order valence-corrected chi connectivity index (χ2v) is 7.84. The molecule has 0 radical (unpaired) electrons. The van der Waals surface area contributed by atoms with Gasteiger partial charge >= 0.3 is 0 Å². The van der Waals surface area contributed by atoms with Crippen LogP contribution in [0.25, 0.3) is 10.6 Å². The SMILES string of the molecule is COc1ccc(-c2nnc(NC(=O)C(C)(C)NC(=O)CC(C)C)s2)cc1. The van der Waals surface area contributed by atoms with E-state index < -0.39 is 5.54 Å². The lowest BCUT2D eigenvalue weighted by molar-refractivity contribution is -0.129. The standard InChI is InChI=1S/C18H24N4O3S/c1-11(2)10-14(23)20-18(3,4)16(24)19-17-22-21-15(26-17)12-6-8-13(25-5)9-7-12/h6-9,11H,10H2,1-5H3,(H,20,23)(H,19,22,24). The van der Waals surface area contributed by atoms with Crippen LogP contribution in [0.4, 0.5) is 5.13 Å². The zero-order valence-corrected chi connectivity index (χ0v) is 16.4. The van der Waals surface area contributed by atoms with E-state index in [1.54, 1.807) is 21.0 Å². The van der Waals surface area contributed by atoms with Gasteiger partial charge in [-0.25, -0.2) is 0 Å². The fraction of sp³-hybridized carbons (Fsp3) is 0.444. The number of methoxy groups -OCH3 is 1. The van der Waals surface area contributed by atoms with Crippen molar-refractivity contribution in [1.29, 1.82) is 0 Å². The zero-order valence-electron chi connectivity index (χ0n) is 15.6. The van der Waals surface area contributed by atoms with Gasteiger partial charge in [-0.15, -0.1) is 10.2 Å². The number of anilines is 1. The molecule has 2 N–H and O–H groups in total. The molecule has 0 fully saturated rings. The van der Waals surface area contributed by atoms with E-state index in [0.29, 0.717) is 16.6 Å². The Bertz CT molecular complexity index is 769. The summed E-state index contributed by atoms with van der Waals surface area (Å²) in [5, 5.41) is 14.6. The second-order valence-electron chi connectivity index (χ2n) is 6.87. The maximum Gasteiger partial charge on any atom is 0.251 e. The minimum absolute atomic E-state index is 0.156. The van der Waals surface area contributed by atoms with Gasteiger partial charge in [-0.2, -0.15) is 0 Å². The minimum Gasteiger partial charge on any atom is -0.497 e. The zero-order chi connectivity index (χ0) is 19.3. The van der Waals surface area contributed by atoms with Crippen molar-refractivity contribution in [3.63, 3.8) is 0 Å². The maximum absolute atomic E-state index is 12.5. The van der Waals surface area contributed by atoms with Gasteiger partial charge in [0.05, 0.1) is 7.11 Å². The number of hydrogen-bond acceptors (Lipinski definition) is 6. The first kappa shape index (κ1) is 19.8. The molecule has 1 heterocycles. The molecular weight excluding hydrogens is 352 g/mol. The van der Waals surface area contributed by atoms with Gasteiger partial charge in [0.2, 0.25) is 11.0 Å². The Morgan fingerprint density at radius 2 is 1.85 bits per heavy atom. The van der Waals surface area contributed by atoms with E-state index in [9.17, 15) is 9.59 Å². The molecule has 0 aliphatic carbocycles. The largest absolute Gasteiger partial charge is 0.497 e. The summed E-state index contributed by atoms with van der Waals surface area (Å²) in [6.07, 6.45) is 0.372. The number of ether oxygens (including phenoxy) is 1. The Kier molecular flexibility index (Phi) is 6.31. The first-order valence-electron chi connectivity index (χ1n) is 8.31. The third kappa shape index (κ3) is 5.26. The van der Waals surface area contributed by atoms with Gasteiger partial charge in [-0.05, 0) is 44.0 Å². The monoisotopic (exact) mass is 376 g/mol. The van der Waals surface area contributed by atoms with Crippen LogP contribution in [0, 0.1) is 5.92 Å². The van der Waals surface area contributed by atoms with Gasteiger partial charge in [0.25, 0.3) is 5.91 Å². The highest BCUT2D eigenvalue weighted by Crippen LogP contribution is 2.28. The minimum atomic E-state index is -1.04. The molecule has 2 aromatic rings. The van der Waals surface area contributed by atoms with Gasteiger partial charge in [-0.1, -0.05) is 25.2 Å². The van der Waals surface area contributed by atoms with Crippen molar-refractivity contribution in [2.75, 3.05) is 12.4 Å². The van der Waals surface area contributed by atoms with Crippen LogP contribution < -0.4 is 15.4 Å². The van der Waals surface area contributed by atoms with Gasteiger partial charge < -0.3 is 10.1 Å². The molecule has 0 aliphatic heterocycles. The number of hydrogen-bond donors (Lipinski definition) is 2. The normalized spacial score (nSPS) is 11.3. The molecule has 0 aliphatic rings. The number of carbonyl (C=O) groups is 2. The molecule has 0 unspecified atom stereocenters. The molecule has 0 bridgehead atoms. The lowest BCUT2D eigenvalue weighted by Crippen LogP contribution is -2.52. The number of nitrogens with one attached hydrogen (secondary N) is 2. The van der Waals surface area contributed by atoms with Crippen LogP contribution in [-0.2, 0) is 9.59 Å². The Morgan fingerprint density at radius 1 is 1.19 bits per heavy atom. The lowest BCUT2D eigenvalue weighted by atomic mass is 10.0. The number of aromatic nitrogens is 2. The van der Waals surface area contributed by atoms with E-state index in [1.807, 2.05) is 38.1 Å². The second kappa shape index (κ2) is 8.27. The summed E-state index contributed by atoms with van der Waals surface area (Å²) in [6.45, 7) is 7.22.